The van der Waals surface area contributed by atoms with Gasteiger partial charge in [-0.05, 0) is 44.0 Å². The Morgan fingerprint density at radius 3 is 2.43 bits per heavy atom. The predicted molar refractivity (Wildman–Crippen MR) is 78.2 cm³/mol. The minimum absolute atomic E-state index is 0.0836. The number of carboxylic acids is 1. The maximum absolute atomic E-state index is 12.4. The van der Waals surface area contributed by atoms with E-state index in [9.17, 15) is 14.4 Å². The molecule has 0 saturated carbocycles. The van der Waals surface area contributed by atoms with Gasteiger partial charge in [-0.15, -0.1) is 0 Å². The molecule has 0 amide bonds. The van der Waals surface area contributed by atoms with E-state index < -0.39 is 23.6 Å². The number of aromatic amines is 1. The number of aliphatic carboxylic acids is 1. The molecule has 0 spiro atoms. The molecule has 2 N–H and O–H groups in total. The number of aromatic nitrogens is 2. The smallest absolute Gasteiger partial charge is 0.333 e. The van der Waals surface area contributed by atoms with Crippen LogP contribution >= 0.6 is 0 Å². The number of nitrogens with one attached hydrogen (secondary N) is 1. The normalized spacial score (nSPS) is 10.6. The number of hydrogen-bond acceptors (Lipinski definition) is 3. The van der Waals surface area contributed by atoms with Gasteiger partial charge in [0.15, 0.2) is 0 Å². The summed E-state index contributed by atoms with van der Waals surface area (Å²) in [6.07, 6.45) is -0.424. The summed E-state index contributed by atoms with van der Waals surface area (Å²) in [5, 5.41) is 8.89. The van der Waals surface area contributed by atoms with Gasteiger partial charge in [-0.2, -0.15) is 0 Å². The quantitative estimate of drug-likeness (QED) is 0.884. The highest BCUT2D eigenvalue weighted by Crippen LogP contribution is 2.11. The van der Waals surface area contributed by atoms with Crippen LogP contribution in [-0.2, 0) is 11.2 Å². The highest BCUT2D eigenvalue weighted by Gasteiger charge is 2.15. The molecule has 0 unspecified atom stereocenters. The van der Waals surface area contributed by atoms with Crippen molar-refractivity contribution in [3.8, 4) is 5.69 Å². The lowest BCUT2D eigenvalue weighted by Crippen LogP contribution is -2.37. The lowest BCUT2D eigenvalue weighted by molar-refractivity contribution is -0.136. The van der Waals surface area contributed by atoms with Crippen LogP contribution in [0, 0.1) is 20.8 Å². The van der Waals surface area contributed by atoms with E-state index in [4.69, 9.17) is 5.11 Å². The van der Waals surface area contributed by atoms with E-state index in [1.807, 2.05) is 19.9 Å². The first-order chi connectivity index (χ1) is 9.81. The van der Waals surface area contributed by atoms with Crippen molar-refractivity contribution < 1.29 is 9.90 Å². The molecule has 21 heavy (non-hydrogen) atoms. The van der Waals surface area contributed by atoms with Gasteiger partial charge in [-0.3, -0.25) is 9.59 Å². The Balaban J connectivity index is 2.74. The SMILES string of the molecule is Cc1ccc(-n2c(=O)[nH]c(C)c(CC(=O)O)c2=O)cc1C. The number of hydrogen-bond donors (Lipinski definition) is 2. The van der Waals surface area contributed by atoms with Crippen LogP contribution in [0.2, 0.25) is 0 Å². The van der Waals surface area contributed by atoms with Crippen LogP contribution in [0.15, 0.2) is 27.8 Å². The zero-order valence-corrected chi connectivity index (χ0v) is 12.1. The molecule has 1 aromatic carbocycles. The van der Waals surface area contributed by atoms with E-state index in [-0.39, 0.29) is 11.3 Å². The summed E-state index contributed by atoms with van der Waals surface area (Å²) in [5.74, 6) is -1.12. The van der Waals surface area contributed by atoms with Gasteiger partial charge in [0, 0.05) is 11.3 Å². The summed E-state index contributed by atoms with van der Waals surface area (Å²) in [5.41, 5.74) is 1.61. The van der Waals surface area contributed by atoms with Crippen molar-refractivity contribution in [2.75, 3.05) is 0 Å². The number of rotatable bonds is 3. The van der Waals surface area contributed by atoms with E-state index in [0.29, 0.717) is 5.69 Å². The van der Waals surface area contributed by atoms with Gasteiger partial charge in [0.05, 0.1) is 12.1 Å². The van der Waals surface area contributed by atoms with Crippen LogP contribution in [-0.4, -0.2) is 20.6 Å². The third-order valence-corrected chi connectivity index (χ3v) is 3.49. The Morgan fingerprint density at radius 2 is 1.86 bits per heavy atom. The molecule has 1 heterocycles. The molecule has 0 saturated heterocycles. The number of benzene rings is 1. The molecule has 0 aliphatic heterocycles. The molecular formula is C15H16N2O4. The van der Waals surface area contributed by atoms with Gasteiger partial charge >= 0.3 is 11.7 Å². The summed E-state index contributed by atoms with van der Waals surface area (Å²) in [6, 6.07) is 5.21. The summed E-state index contributed by atoms with van der Waals surface area (Å²) in [7, 11) is 0. The minimum Gasteiger partial charge on any atom is -0.481 e. The Morgan fingerprint density at radius 1 is 1.19 bits per heavy atom. The molecule has 0 fully saturated rings. The zero-order chi connectivity index (χ0) is 15.7. The molecule has 2 rings (SSSR count). The number of nitrogens with zero attached hydrogens (tertiary/aromatic N) is 1. The van der Waals surface area contributed by atoms with Crippen LogP contribution in [0.3, 0.4) is 0 Å². The fraction of sp³-hybridized carbons (Fsp3) is 0.267. The molecule has 110 valence electrons. The summed E-state index contributed by atoms with van der Waals surface area (Å²) < 4.78 is 0.970. The van der Waals surface area contributed by atoms with Crippen molar-refractivity contribution in [3.05, 3.63) is 61.4 Å². The second-order valence-electron chi connectivity index (χ2n) is 5.01. The van der Waals surface area contributed by atoms with Gasteiger partial charge in [-0.25, -0.2) is 9.36 Å². The number of carbonyl (C=O) groups is 1. The maximum atomic E-state index is 12.4. The van der Waals surface area contributed by atoms with Crippen molar-refractivity contribution in [3.63, 3.8) is 0 Å². The first-order valence-electron chi connectivity index (χ1n) is 6.45. The van der Waals surface area contributed by atoms with E-state index >= 15 is 0 Å². The van der Waals surface area contributed by atoms with Crippen molar-refractivity contribution in [2.45, 2.75) is 27.2 Å². The molecule has 0 atom stereocenters. The number of H-pyrrole nitrogens is 1. The highest BCUT2D eigenvalue weighted by atomic mass is 16.4. The lowest BCUT2D eigenvalue weighted by atomic mass is 10.1. The van der Waals surface area contributed by atoms with Crippen LogP contribution < -0.4 is 11.2 Å². The molecule has 0 bridgehead atoms. The second kappa shape index (κ2) is 5.40. The van der Waals surface area contributed by atoms with E-state index in [0.717, 1.165) is 15.7 Å². The van der Waals surface area contributed by atoms with E-state index in [1.54, 1.807) is 12.1 Å². The monoisotopic (exact) mass is 288 g/mol. The molecule has 0 radical (unpaired) electrons. The topological polar surface area (TPSA) is 92.2 Å². The Hall–Kier alpha value is -2.63. The fourth-order valence-electron chi connectivity index (χ4n) is 2.14. The first kappa shape index (κ1) is 14.8. The summed E-state index contributed by atoms with van der Waals surface area (Å²) in [6.45, 7) is 5.33. The molecule has 6 heteroatoms. The minimum atomic E-state index is -1.12. The first-order valence-corrected chi connectivity index (χ1v) is 6.45. The van der Waals surface area contributed by atoms with Crippen LogP contribution in [0.25, 0.3) is 5.69 Å². The molecule has 2 aromatic rings. The number of aryl methyl sites for hydroxylation is 3. The van der Waals surface area contributed by atoms with Gasteiger partial charge in [0.25, 0.3) is 5.56 Å². The second-order valence-corrected chi connectivity index (χ2v) is 5.01. The van der Waals surface area contributed by atoms with E-state index in [1.165, 1.54) is 6.92 Å². The standard InChI is InChI=1S/C15H16N2O4/c1-8-4-5-11(6-9(8)2)17-14(20)12(7-13(18)19)10(3)16-15(17)21/h4-6H,7H2,1-3H3,(H,16,21)(H,18,19). The van der Waals surface area contributed by atoms with Crippen molar-refractivity contribution in [1.82, 2.24) is 9.55 Å². The van der Waals surface area contributed by atoms with E-state index in [2.05, 4.69) is 4.98 Å². The largest absolute Gasteiger partial charge is 0.481 e. The Labute approximate surface area is 120 Å². The third-order valence-electron chi connectivity index (χ3n) is 3.49. The van der Waals surface area contributed by atoms with Crippen molar-refractivity contribution in [2.24, 2.45) is 0 Å². The molecule has 0 aliphatic carbocycles. The van der Waals surface area contributed by atoms with Gasteiger partial charge in [0.1, 0.15) is 0 Å². The van der Waals surface area contributed by atoms with Crippen LogP contribution in [0.5, 0.6) is 0 Å². The fourth-order valence-corrected chi connectivity index (χ4v) is 2.14. The molecule has 0 aliphatic rings. The Bertz CT molecular complexity index is 831. The molecule has 6 nitrogen and oxygen atoms in total. The Kier molecular flexibility index (Phi) is 3.80. The summed E-state index contributed by atoms with van der Waals surface area (Å²) >= 11 is 0. The number of carboxylic acid groups (broad SMARTS) is 1. The van der Waals surface area contributed by atoms with Crippen LogP contribution in [0.1, 0.15) is 22.4 Å². The van der Waals surface area contributed by atoms with Crippen LogP contribution in [0.4, 0.5) is 0 Å². The van der Waals surface area contributed by atoms with Crippen molar-refractivity contribution >= 4 is 5.97 Å². The van der Waals surface area contributed by atoms with Gasteiger partial charge in [0.2, 0.25) is 0 Å². The maximum Gasteiger partial charge on any atom is 0.333 e. The average molecular weight is 288 g/mol. The van der Waals surface area contributed by atoms with Gasteiger partial charge in [-0.1, -0.05) is 6.07 Å². The highest BCUT2D eigenvalue weighted by molar-refractivity contribution is 5.70. The lowest BCUT2D eigenvalue weighted by Gasteiger charge is -2.10. The average Bonchev–Trinajstić information content (AvgIpc) is 2.38. The summed E-state index contributed by atoms with van der Waals surface area (Å²) in [4.78, 5) is 37.9. The zero-order valence-electron chi connectivity index (χ0n) is 12.1. The molecule has 1 aromatic heterocycles. The third kappa shape index (κ3) is 2.79. The predicted octanol–water partition coefficient (Wildman–Crippen LogP) is 1.08. The molecular weight excluding hydrogens is 272 g/mol. The van der Waals surface area contributed by atoms with Crippen molar-refractivity contribution in [1.29, 1.82) is 0 Å². The van der Waals surface area contributed by atoms with Gasteiger partial charge < -0.3 is 10.1 Å².